The van der Waals surface area contributed by atoms with Crippen LogP contribution in [-0.4, -0.2) is 50.3 Å². The van der Waals surface area contributed by atoms with E-state index in [4.69, 9.17) is 19.9 Å². The van der Waals surface area contributed by atoms with E-state index in [0.29, 0.717) is 35.8 Å². The molecule has 164 valence electrons. The van der Waals surface area contributed by atoms with Crippen molar-refractivity contribution in [1.29, 1.82) is 0 Å². The number of quaternary nitrogens is 1. The number of primary amides is 1. The predicted octanol–water partition coefficient (Wildman–Crippen LogP) is 2.21. The van der Waals surface area contributed by atoms with Crippen LogP contribution in [-0.2, 0) is 16.0 Å². The third-order valence-corrected chi connectivity index (χ3v) is 6.23. The molecule has 31 heavy (non-hydrogen) atoms. The second-order valence-electron chi connectivity index (χ2n) is 8.45. The number of nitrogens with two attached hydrogens (primary N) is 1. The Labute approximate surface area is 181 Å². The Morgan fingerprint density at radius 3 is 2.61 bits per heavy atom. The first-order valence-electron chi connectivity index (χ1n) is 10.2. The highest BCUT2D eigenvalue weighted by molar-refractivity contribution is 5.97. The molecule has 0 saturated carbocycles. The van der Waals surface area contributed by atoms with E-state index in [1.54, 1.807) is 7.11 Å². The van der Waals surface area contributed by atoms with Gasteiger partial charge in [0.25, 0.3) is 11.8 Å². The lowest BCUT2D eigenvalue weighted by atomic mass is 9.88. The van der Waals surface area contributed by atoms with E-state index in [2.05, 4.69) is 5.32 Å². The molecule has 4 rings (SSSR count). The summed E-state index contributed by atoms with van der Waals surface area (Å²) in [6.07, 6.45) is 0.652. The fourth-order valence-corrected chi connectivity index (χ4v) is 4.75. The van der Waals surface area contributed by atoms with Gasteiger partial charge in [-0.25, -0.2) is 0 Å². The zero-order valence-electron chi connectivity index (χ0n) is 18.3. The predicted molar refractivity (Wildman–Crippen MR) is 115 cm³/mol. The van der Waals surface area contributed by atoms with Crippen molar-refractivity contribution in [2.24, 2.45) is 5.73 Å². The molecular formula is C23H28N3O5+. The first-order valence-corrected chi connectivity index (χ1v) is 10.2. The van der Waals surface area contributed by atoms with E-state index in [9.17, 15) is 9.59 Å². The number of anilines is 1. The molecule has 0 saturated heterocycles. The zero-order chi connectivity index (χ0) is 22.3. The summed E-state index contributed by atoms with van der Waals surface area (Å²) >= 11 is 0. The van der Waals surface area contributed by atoms with E-state index in [1.165, 1.54) is 0 Å². The van der Waals surface area contributed by atoms with Crippen LogP contribution in [0.2, 0.25) is 0 Å². The Morgan fingerprint density at radius 2 is 1.97 bits per heavy atom. The third-order valence-electron chi connectivity index (χ3n) is 6.23. The number of ether oxygens (including phenoxy) is 3. The molecule has 0 spiro atoms. The molecule has 2 aliphatic rings. The Morgan fingerprint density at radius 1 is 1.26 bits per heavy atom. The molecular weight excluding hydrogens is 398 g/mol. The average molecular weight is 426 g/mol. The van der Waals surface area contributed by atoms with Gasteiger partial charge in [-0.1, -0.05) is 18.2 Å². The van der Waals surface area contributed by atoms with Crippen LogP contribution in [0.3, 0.4) is 0 Å². The highest BCUT2D eigenvalue weighted by atomic mass is 16.7. The number of para-hydroxylation sites is 1. The minimum Gasteiger partial charge on any atom is -0.492 e. The molecule has 2 aliphatic heterocycles. The van der Waals surface area contributed by atoms with Crippen molar-refractivity contribution < 1.29 is 28.3 Å². The van der Waals surface area contributed by atoms with Crippen LogP contribution in [0, 0.1) is 13.8 Å². The van der Waals surface area contributed by atoms with E-state index in [0.717, 1.165) is 22.4 Å². The first kappa shape index (κ1) is 21.0. The Hall–Kier alpha value is -3.26. The molecule has 2 amide bonds. The topological polar surface area (TPSA) is 99.9 Å². The second-order valence-corrected chi connectivity index (χ2v) is 8.45. The molecule has 2 aromatic carbocycles. The number of hydrogen-bond donors (Lipinski definition) is 2. The first-order chi connectivity index (χ1) is 14.7. The molecule has 0 bridgehead atoms. The Balaban J connectivity index is 1.86. The normalized spacial score (nSPS) is 21.4. The van der Waals surface area contributed by atoms with Crippen LogP contribution in [0.4, 0.5) is 5.69 Å². The van der Waals surface area contributed by atoms with Crippen molar-refractivity contribution in [3.8, 4) is 17.2 Å². The number of hydrogen-bond acceptors (Lipinski definition) is 5. The fraction of sp³-hybridized carbons (Fsp3) is 0.391. The molecule has 3 N–H and O–H groups in total. The van der Waals surface area contributed by atoms with Crippen LogP contribution in [0.1, 0.15) is 28.3 Å². The smallest absolute Gasteiger partial charge is 0.287 e. The summed E-state index contributed by atoms with van der Waals surface area (Å²) in [7, 11) is 3.43. The summed E-state index contributed by atoms with van der Waals surface area (Å²) in [5.74, 6) is 0.879. The maximum Gasteiger partial charge on any atom is 0.287 e. The summed E-state index contributed by atoms with van der Waals surface area (Å²) in [4.78, 5) is 25.8. The minimum atomic E-state index is -0.709. The van der Waals surface area contributed by atoms with Crippen molar-refractivity contribution >= 4 is 17.5 Å². The number of nitrogens with zero attached hydrogens (tertiary/aromatic N) is 1. The third kappa shape index (κ3) is 3.57. The van der Waals surface area contributed by atoms with Gasteiger partial charge in [-0.15, -0.1) is 0 Å². The highest BCUT2D eigenvalue weighted by Gasteiger charge is 2.48. The lowest BCUT2D eigenvalue weighted by Gasteiger charge is -2.44. The quantitative estimate of drug-likeness (QED) is 0.714. The number of carbonyl (C=O) groups is 2. The SMILES string of the molecule is COc1c2c(cc3c1[C@@H](C(=O)Nc1c(C)cccc1C)[N@+](C)(CC(N)=O)CC3)OCO2. The lowest BCUT2D eigenvalue weighted by molar-refractivity contribution is -0.924. The van der Waals surface area contributed by atoms with Gasteiger partial charge in [0.1, 0.15) is 0 Å². The number of rotatable bonds is 5. The number of nitrogens with one attached hydrogen (secondary N) is 1. The number of amides is 2. The van der Waals surface area contributed by atoms with Gasteiger partial charge in [0.05, 0.1) is 26.3 Å². The van der Waals surface area contributed by atoms with Gasteiger partial charge in [0, 0.05) is 12.1 Å². The molecule has 0 unspecified atom stereocenters. The number of benzene rings is 2. The van der Waals surface area contributed by atoms with Crippen LogP contribution in [0.5, 0.6) is 17.2 Å². The van der Waals surface area contributed by atoms with Crippen molar-refractivity contribution in [1.82, 2.24) is 0 Å². The number of fused-ring (bicyclic) bond motifs is 2. The highest BCUT2D eigenvalue weighted by Crippen LogP contribution is 2.51. The van der Waals surface area contributed by atoms with Crippen LogP contribution < -0.4 is 25.3 Å². The number of carbonyl (C=O) groups excluding carboxylic acids is 2. The Bertz CT molecular complexity index is 1050. The molecule has 0 fully saturated rings. The van der Waals surface area contributed by atoms with E-state index < -0.39 is 11.9 Å². The standard InChI is InChI=1S/C23H27N3O5/c1-13-6-5-7-14(2)19(13)25-23(28)20-18-15(8-9-26(20,3)11-17(24)27)10-16-21(22(18)29-4)31-12-30-16/h5-7,10,20H,8-9,11-12H2,1-4H3,(H2-,24,25,27,28)/p+1/t20-,26-/m0/s1. The summed E-state index contributed by atoms with van der Waals surface area (Å²) in [6.45, 7) is 4.60. The van der Waals surface area contributed by atoms with E-state index in [-0.39, 0.29) is 23.7 Å². The van der Waals surface area contributed by atoms with Gasteiger partial charge in [0.15, 0.2) is 24.1 Å². The van der Waals surface area contributed by atoms with Crippen molar-refractivity contribution in [3.05, 3.63) is 46.5 Å². The summed E-state index contributed by atoms with van der Waals surface area (Å²) in [5.41, 5.74) is 9.95. The van der Waals surface area contributed by atoms with Crippen LogP contribution in [0.15, 0.2) is 24.3 Å². The van der Waals surface area contributed by atoms with Gasteiger partial charge in [-0.2, -0.15) is 0 Å². The molecule has 2 aromatic rings. The summed E-state index contributed by atoms with van der Waals surface area (Å²) in [5, 5.41) is 3.10. The molecule has 8 heteroatoms. The molecule has 2 heterocycles. The number of methoxy groups -OCH3 is 1. The summed E-state index contributed by atoms with van der Waals surface area (Å²) < 4.78 is 17.1. The van der Waals surface area contributed by atoms with Crippen molar-refractivity contribution in [3.63, 3.8) is 0 Å². The van der Waals surface area contributed by atoms with Gasteiger partial charge in [-0.3, -0.25) is 9.59 Å². The minimum absolute atomic E-state index is 0.0296. The molecule has 2 atom stereocenters. The Kier molecular flexibility index (Phi) is 5.26. The van der Waals surface area contributed by atoms with E-state index >= 15 is 0 Å². The van der Waals surface area contributed by atoms with Crippen molar-refractivity contribution in [2.45, 2.75) is 26.3 Å². The van der Waals surface area contributed by atoms with Gasteiger partial charge in [0.2, 0.25) is 12.5 Å². The molecule has 0 aliphatic carbocycles. The van der Waals surface area contributed by atoms with Gasteiger partial charge >= 0.3 is 0 Å². The molecule has 0 radical (unpaired) electrons. The maximum absolute atomic E-state index is 13.8. The molecule has 0 aromatic heterocycles. The van der Waals surface area contributed by atoms with Crippen LogP contribution in [0.25, 0.3) is 0 Å². The van der Waals surface area contributed by atoms with Crippen LogP contribution >= 0.6 is 0 Å². The number of aryl methyl sites for hydroxylation is 2. The zero-order valence-corrected chi connectivity index (χ0v) is 18.3. The largest absolute Gasteiger partial charge is 0.492 e. The fourth-order valence-electron chi connectivity index (χ4n) is 4.75. The van der Waals surface area contributed by atoms with E-state index in [1.807, 2.05) is 45.2 Å². The van der Waals surface area contributed by atoms with Gasteiger partial charge < -0.3 is 29.7 Å². The lowest BCUT2D eigenvalue weighted by Crippen LogP contribution is -2.58. The maximum atomic E-state index is 13.8. The molecule has 8 nitrogen and oxygen atoms in total. The monoisotopic (exact) mass is 426 g/mol. The average Bonchev–Trinajstić information content (AvgIpc) is 3.16. The number of likely N-dealkylation sites (N-methyl/N-ethyl adjacent to an activating group) is 1. The second kappa shape index (κ2) is 7.77. The van der Waals surface area contributed by atoms with Crippen molar-refractivity contribution in [2.75, 3.05) is 39.4 Å². The summed E-state index contributed by atoms with van der Waals surface area (Å²) in [6, 6.07) is 7.06. The van der Waals surface area contributed by atoms with Gasteiger partial charge in [-0.05, 0) is 36.6 Å².